The number of rotatable bonds is 1. The van der Waals surface area contributed by atoms with Gasteiger partial charge in [0.25, 0.3) is 0 Å². The summed E-state index contributed by atoms with van der Waals surface area (Å²) in [4.78, 5) is 10.7. The Morgan fingerprint density at radius 1 is 1.46 bits per heavy atom. The van der Waals surface area contributed by atoms with Crippen LogP contribution in [0.25, 0.3) is 10.9 Å². The van der Waals surface area contributed by atoms with Gasteiger partial charge < -0.3 is 0 Å². The Morgan fingerprint density at radius 3 is 2.92 bits per heavy atom. The summed E-state index contributed by atoms with van der Waals surface area (Å²) in [5, 5.41) is 5.21. The second-order valence-electron chi connectivity index (χ2n) is 3.10. The van der Waals surface area contributed by atoms with Crippen molar-refractivity contribution in [2.24, 2.45) is 7.05 Å². The zero-order chi connectivity index (χ0) is 9.42. The van der Waals surface area contributed by atoms with Gasteiger partial charge in [-0.2, -0.15) is 5.10 Å². The van der Waals surface area contributed by atoms with Crippen LogP contribution < -0.4 is 0 Å². The lowest BCUT2D eigenvalue weighted by Gasteiger charge is -2.01. The highest BCUT2D eigenvalue weighted by molar-refractivity contribution is 5.90. The third kappa shape index (κ3) is 1.04. The summed E-state index contributed by atoms with van der Waals surface area (Å²) >= 11 is 0. The van der Waals surface area contributed by atoms with Crippen molar-refractivity contribution in [3.05, 3.63) is 29.5 Å². The molecule has 0 aliphatic carbocycles. The zero-order valence-electron chi connectivity index (χ0n) is 7.61. The summed E-state index contributed by atoms with van der Waals surface area (Å²) in [6, 6.07) is 3.74. The Kier molecular flexibility index (Phi) is 1.65. The van der Waals surface area contributed by atoms with Crippen molar-refractivity contribution >= 4 is 17.2 Å². The molecule has 3 heteroatoms. The van der Waals surface area contributed by atoms with Crippen molar-refractivity contribution in [1.82, 2.24) is 9.78 Å². The molecule has 0 aliphatic heterocycles. The van der Waals surface area contributed by atoms with Crippen LogP contribution in [0.2, 0.25) is 0 Å². The molecule has 0 fully saturated rings. The molecule has 0 saturated carbocycles. The van der Waals surface area contributed by atoms with E-state index >= 15 is 0 Å². The van der Waals surface area contributed by atoms with Crippen LogP contribution >= 0.6 is 0 Å². The van der Waals surface area contributed by atoms with Gasteiger partial charge in [-0.25, -0.2) is 0 Å². The molecule has 1 aromatic carbocycles. The van der Waals surface area contributed by atoms with E-state index in [9.17, 15) is 4.79 Å². The van der Waals surface area contributed by atoms with E-state index in [1.807, 2.05) is 26.1 Å². The van der Waals surface area contributed by atoms with Crippen molar-refractivity contribution < 1.29 is 4.79 Å². The van der Waals surface area contributed by atoms with E-state index in [4.69, 9.17) is 0 Å². The van der Waals surface area contributed by atoms with Gasteiger partial charge in [0.2, 0.25) is 0 Å². The molecule has 1 aromatic heterocycles. The molecule has 2 rings (SSSR count). The molecule has 3 nitrogen and oxygen atoms in total. The largest absolute Gasteiger partial charge is 0.298 e. The molecule has 0 spiro atoms. The highest BCUT2D eigenvalue weighted by atomic mass is 16.1. The lowest BCUT2D eigenvalue weighted by Crippen LogP contribution is -1.94. The summed E-state index contributed by atoms with van der Waals surface area (Å²) in [5.74, 6) is 0. The normalized spacial score (nSPS) is 10.6. The first kappa shape index (κ1) is 7.98. The lowest BCUT2D eigenvalue weighted by molar-refractivity contribution is 0.112. The van der Waals surface area contributed by atoms with Crippen LogP contribution in [0, 0.1) is 6.92 Å². The van der Waals surface area contributed by atoms with Crippen molar-refractivity contribution in [2.45, 2.75) is 6.92 Å². The number of aryl methyl sites for hydroxylation is 2. The van der Waals surface area contributed by atoms with Gasteiger partial charge in [-0.05, 0) is 12.5 Å². The number of fused-ring (bicyclic) bond motifs is 1. The van der Waals surface area contributed by atoms with Crippen LogP contribution in [-0.4, -0.2) is 16.1 Å². The van der Waals surface area contributed by atoms with Crippen molar-refractivity contribution in [2.75, 3.05) is 0 Å². The van der Waals surface area contributed by atoms with Gasteiger partial charge in [-0.1, -0.05) is 12.1 Å². The van der Waals surface area contributed by atoms with Crippen LogP contribution in [0.5, 0.6) is 0 Å². The predicted molar refractivity (Wildman–Crippen MR) is 50.8 cm³/mol. The van der Waals surface area contributed by atoms with Crippen molar-refractivity contribution in [3.8, 4) is 0 Å². The van der Waals surface area contributed by atoms with E-state index in [-0.39, 0.29) is 0 Å². The number of hydrogen-bond acceptors (Lipinski definition) is 2. The second-order valence-corrected chi connectivity index (χ2v) is 3.10. The average molecular weight is 174 g/mol. The van der Waals surface area contributed by atoms with Crippen LogP contribution in [0.3, 0.4) is 0 Å². The van der Waals surface area contributed by atoms with Crippen LogP contribution in [0.1, 0.15) is 15.9 Å². The summed E-state index contributed by atoms with van der Waals surface area (Å²) < 4.78 is 1.79. The molecule has 2 aromatic rings. The topological polar surface area (TPSA) is 34.9 Å². The monoisotopic (exact) mass is 174 g/mol. The number of carbonyl (C=O) groups is 1. The summed E-state index contributed by atoms with van der Waals surface area (Å²) in [5.41, 5.74) is 2.76. The third-order valence-corrected chi connectivity index (χ3v) is 2.32. The van der Waals surface area contributed by atoms with E-state index in [1.54, 1.807) is 10.9 Å². The smallest absolute Gasteiger partial charge is 0.150 e. The molecule has 0 amide bonds. The van der Waals surface area contributed by atoms with Gasteiger partial charge >= 0.3 is 0 Å². The van der Waals surface area contributed by atoms with Crippen LogP contribution in [-0.2, 0) is 7.05 Å². The minimum absolute atomic E-state index is 0.733. The maximum atomic E-state index is 10.7. The minimum Gasteiger partial charge on any atom is -0.298 e. The fourth-order valence-corrected chi connectivity index (χ4v) is 1.60. The van der Waals surface area contributed by atoms with Gasteiger partial charge in [0, 0.05) is 18.0 Å². The SMILES string of the molecule is Cc1c(C=O)ccc2cnn(C)c12. The third-order valence-electron chi connectivity index (χ3n) is 2.32. The molecule has 0 N–H and O–H groups in total. The Hall–Kier alpha value is -1.64. The molecule has 0 saturated heterocycles. The predicted octanol–water partition coefficient (Wildman–Crippen LogP) is 1.69. The number of aromatic nitrogens is 2. The summed E-state index contributed by atoms with van der Waals surface area (Å²) in [7, 11) is 1.88. The molecule has 66 valence electrons. The fourth-order valence-electron chi connectivity index (χ4n) is 1.60. The maximum absolute atomic E-state index is 10.7. The molecule has 0 radical (unpaired) electrons. The van der Waals surface area contributed by atoms with Gasteiger partial charge in [-0.3, -0.25) is 9.48 Å². The van der Waals surface area contributed by atoms with Gasteiger partial charge in [0.1, 0.15) is 6.29 Å². The number of aldehydes is 1. The Morgan fingerprint density at radius 2 is 2.23 bits per heavy atom. The Labute approximate surface area is 76.0 Å². The first-order chi connectivity index (χ1) is 6.24. The maximum Gasteiger partial charge on any atom is 0.150 e. The van der Waals surface area contributed by atoms with E-state index < -0.39 is 0 Å². The number of hydrogen-bond donors (Lipinski definition) is 0. The highest BCUT2D eigenvalue weighted by Gasteiger charge is 2.05. The number of benzene rings is 1. The molecule has 0 bridgehead atoms. The molecule has 1 heterocycles. The van der Waals surface area contributed by atoms with Gasteiger partial charge in [0.05, 0.1) is 11.7 Å². The average Bonchev–Trinajstić information content (AvgIpc) is 2.49. The van der Waals surface area contributed by atoms with Crippen LogP contribution in [0.4, 0.5) is 0 Å². The Balaban J connectivity index is 2.91. The first-order valence-electron chi connectivity index (χ1n) is 4.10. The second kappa shape index (κ2) is 2.69. The quantitative estimate of drug-likeness (QED) is 0.617. The number of carbonyl (C=O) groups excluding carboxylic acids is 1. The van der Waals surface area contributed by atoms with Crippen molar-refractivity contribution in [3.63, 3.8) is 0 Å². The standard InChI is InChI=1S/C10H10N2O/c1-7-9(6-13)4-3-8-5-11-12(2)10(7)8/h3-6H,1-2H3. The molecule has 0 aliphatic rings. The summed E-state index contributed by atoms with van der Waals surface area (Å²) in [6.07, 6.45) is 2.68. The number of nitrogens with zero attached hydrogens (tertiary/aromatic N) is 2. The molecule has 0 atom stereocenters. The van der Waals surface area contributed by atoms with E-state index in [1.165, 1.54) is 0 Å². The Bertz CT molecular complexity index is 471. The molecular weight excluding hydrogens is 164 g/mol. The van der Waals surface area contributed by atoms with Gasteiger partial charge in [-0.15, -0.1) is 0 Å². The van der Waals surface area contributed by atoms with Gasteiger partial charge in [0.15, 0.2) is 0 Å². The van der Waals surface area contributed by atoms with Crippen LogP contribution in [0.15, 0.2) is 18.3 Å². The molecule has 13 heavy (non-hydrogen) atoms. The summed E-state index contributed by atoms with van der Waals surface area (Å²) in [6.45, 7) is 1.94. The fraction of sp³-hybridized carbons (Fsp3) is 0.200. The zero-order valence-corrected chi connectivity index (χ0v) is 7.61. The van der Waals surface area contributed by atoms with E-state index in [0.717, 1.165) is 28.3 Å². The lowest BCUT2D eigenvalue weighted by atomic mass is 10.1. The first-order valence-corrected chi connectivity index (χ1v) is 4.10. The van der Waals surface area contributed by atoms with E-state index in [2.05, 4.69) is 5.10 Å². The highest BCUT2D eigenvalue weighted by Crippen LogP contribution is 2.19. The molecule has 0 unspecified atom stereocenters. The van der Waals surface area contributed by atoms with Crippen molar-refractivity contribution in [1.29, 1.82) is 0 Å². The van der Waals surface area contributed by atoms with E-state index in [0.29, 0.717) is 0 Å². The minimum atomic E-state index is 0.733. The molecular formula is C10H10N2O.